The highest BCUT2D eigenvalue weighted by Crippen LogP contribution is 2.47. The molecule has 0 bridgehead atoms. The van der Waals surface area contributed by atoms with Crippen molar-refractivity contribution in [3.63, 3.8) is 0 Å². The van der Waals surface area contributed by atoms with Crippen LogP contribution < -0.4 is 4.74 Å². The minimum atomic E-state index is -0.550. The predicted octanol–water partition coefficient (Wildman–Crippen LogP) is 2.64. The Morgan fingerprint density at radius 3 is 2.90 bits per heavy atom. The number of aliphatic hydroxyl groups excluding tert-OH is 1. The third kappa shape index (κ3) is 1.93. The number of likely N-dealkylation sites (tertiary alicyclic amines) is 1. The van der Waals surface area contributed by atoms with Crippen LogP contribution >= 0.6 is 0 Å². The number of ether oxygens (including phenoxy) is 1. The molecular formula is C16H20FNO2. The first-order valence-corrected chi connectivity index (χ1v) is 7.49. The number of fused-ring (bicyclic) bond motifs is 1. The van der Waals surface area contributed by atoms with E-state index < -0.39 is 6.10 Å². The maximum atomic E-state index is 13.4. The monoisotopic (exact) mass is 277 g/mol. The highest BCUT2D eigenvalue weighted by atomic mass is 19.1. The van der Waals surface area contributed by atoms with Gasteiger partial charge in [-0.05, 0) is 31.9 Å². The summed E-state index contributed by atoms with van der Waals surface area (Å²) in [4.78, 5) is 2.50. The van der Waals surface area contributed by atoms with Gasteiger partial charge in [0, 0.05) is 43.1 Å². The van der Waals surface area contributed by atoms with E-state index in [0.717, 1.165) is 18.5 Å². The van der Waals surface area contributed by atoms with E-state index in [-0.39, 0.29) is 11.4 Å². The molecule has 1 saturated carbocycles. The summed E-state index contributed by atoms with van der Waals surface area (Å²) in [6, 6.07) is 5.60. The Bertz CT molecular complexity index is 545. The van der Waals surface area contributed by atoms with E-state index >= 15 is 0 Å². The van der Waals surface area contributed by atoms with E-state index in [1.807, 2.05) is 0 Å². The molecule has 1 aromatic carbocycles. The van der Waals surface area contributed by atoms with Crippen LogP contribution in [0.5, 0.6) is 5.75 Å². The molecule has 0 radical (unpaired) electrons. The van der Waals surface area contributed by atoms with Gasteiger partial charge in [0.15, 0.2) is 0 Å². The molecule has 1 aliphatic carbocycles. The van der Waals surface area contributed by atoms with Crippen LogP contribution in [0.3, 0.4) is 0 Å². The molecule has 4 heteroatoms. The number of hydrogen-bond donors (Lipinski definition) is 1. The Morgan fingerprint density at radius 2 is 2.15 bits per heavy atom. The summed E-state index contributed by atoms with van der Waals surface area (Å²) in [7, 11) is 0. The molecule has 0 amide bonds. The lowest BCUT2D eigenvalue weighted by Crippen LogP contribution is -2.44. The smallest absolute Gasteiger partial charge is 0.128 e. The SMILES string of the molecule is CC1CC2(CC(O)c3ccc(F)cc3O2)CN1C1CC1. The van der Waals surface area contributed by atoms with Crippen molar-refractivity contribution in [3.8, 4) is 5.75 Å². The molecule has 0 aromatic heterocycles. The number of halogens is 1. The van der Waals surface area contributed by atoms with Crippen LogP contribution in [0.15, 0.2) is 18.2 Å². The topological polar surface area (TPSA) is 32.7 Å². The minimum Gasteiger partial charge on any atom is -0.485 e. The maximum absolute atomic E-state index is 13.4. The standard InChI is InChI=1S/C16H20FNO2/c1-10-7-16(9-18(10)12-3-4-12)8-14(19)13-5-2-11(17)6-15(13)20-16/h2,5-6,10,12,14,19H,3-4,7-9H2,1H3. The Kier molecular flexibility index (Phi) is 2.63. The Labute approximate surface area is 118 Å². The molecule has 3 aliphatic rings. The lowest BCUT2D eigenvalue weighted by atomic mass is 9.87. The molecule has 2 aliphatic heterocycles. The third-order valence-corrected chi connectivity index (χ3v) is 4.95. The second-order valence-corrected chi connectivity index (χ2v) is 6.64. The molecular weight excluding hydrogens is 257 g/mol. The number of benzene rings is 1. The van der Waals surface area contributed by atoms with Crippen molar-refractivity contribution in [1.29, 1.82) is 0 Å². The molecule has 3 unspecified atom stereocenters. The van der Waals surface area contributed by atoms with Gasteiger partial charge in [-0.3, -0.25) is 4.90 Å². The summed E-state index contributed by atoms with van der Waals surface area (Å²) < 4.78 is 19.6. The zero-order chi connectivity index (χ0) is 13.9. The largest absolute Gasteiger partial charge is 0.485 e. The van der Waals surface area contributed by atoms with E-state index in [2.05, 4.69) is 11.8 Å². The molecule has 2 heterocycles. The van der Waals surface area contributed by atoms with Crippen LogP contribution in [-0.4, -0.2) is 34.2 Å². The molecule has 1 N–H and O–H groups in total. The quantitative estimate of drug-likeness (QED) is 0.856. The highest BCUT2D eigenvalue weighted by molar-refractivity contribution is 5.39. The summed E-state index contributed by atoms with van der Waals surface area (Å²) in [5.74, 6) is 0.215. The summed E-state index contributed by atoms with van der Waals surface area (Å²) in [5.41, 5.74) is 0.372. The molecule has 2 fully saturated rings. The Balaban J connectivity index is 1.65. The van der Waals surface area contributed by atoms with Crippen LogP contribution in [0.4, 0.5) is 4.39 Å². The Morgan fingerprint density at radius 1 is 1.35 bits per heavy atom. The van der Waals surface area contributed by atoms with Gasteiger partial charge in [0.05, 0.1) is 6.10 Å². The van der Waals surface area contributed by atoms with Gasteiger partial charge in [-0.15, -0.1) is 0 Å². The van der Waals surface area contributed by atoms with Crippen LogP contribution in [0, 0.1) is 5.82 Å². The molecule has 1 aromatic rings. The van der Waals surface area contributed by atoms with Gasteiger partial charge >= 0.3 is 0 Å². The van der Waals surface area contributed by atoms with Crippen molar-refractivity contribution in [2.45, 2.75) is 56.4 Å². The maximum Gasteiger partial charge on any atom is 0.128 e. The van der Waals surface area contributed by atoms with Gasteiger partial charge in [0.2, 0.25) is 0 Å². The molecule has 4 rings (SSSR count). The fourth-order valence-corrected chi connectivity index (χ4v) is 3.93. The molecule has 3 nitrogen and oxygen atoms in total. The zero-order valence-corrected chi connectivity index (χ0v) is 11.7. The summed E-state index contributed by atoms with van der Waals surface area (Å²) in [6.07, 6.45) is 3.52. The van der Waals surface area contributed by atoms with E-state index in [1.54, 1.807) is 6.07 Å². The van der Waals surface area contributed by atoms with Crippen LogP contribution in [0.25, 0.3) is 0 Å². The van der Waals surface area contributed by atoms with Crippen molar-refractivity contribution in [2.24, 2.45) is 0 Å². The molecule has 3 atom stereocenters. The van der Waals surface area contributed by atoms with Gasteiger partial charge in [-0.1, -0.05) is 0 Å². The van der Waals surface area contributed by atoms with Crippen LogP contribution in [-0.2, 0) is 0 Å². The average molecular weight is 277 g/mol. The third-order valence-electron chi connectivity index (χ3n) is 4.95. The average Bonchev–Trinajstić information content (AvgIpc) is 3.15. The summed E-state index contributed by atoms with van der Waals surface area (Å²) in [5, 5.41) is 10.4. The van der Waals surface area contributed by atoms with Gasteiger partial charge in [0.1, 0.15) is 17.2 Å². The van der Waals surface area contributed by atoms with Crippen molar-refractivity contribution in [3.05, 3.63) is 29.6 Å². The van der Waals surface area contributed by atoms with E-state index in [0.29, 0.717) is 24.3 Å². The Hall–Kier alpha value is -1.13. The van der Waals surface area contributed by atoms with Crippen LogP contribution in [0.1, 0.15) is 44.3 Å². The van der Waals surface area contributed by atoms with Gasteiger partial charge in [0.25, 0.3) is 0 Å². The first-order chi connectivity index (χ1) is 9.56. The molecule has 20 heavy (non-hydrogen) atoms. The molecule has 1 saturated heterocycles. The van der Waals surface area contributed by atoms with Gasteiger partial charge in [-0.2, -0.15) is 0 Å². The van der Waals surface area contributed by atoms with Crippen molar-refractivity contribution < 1.29 is 14.2 Å². The second kappa shape index (κ2) is 4.18. The second-order valence-electron chi connectivity index (χ2n) is 6.64. The first-order valence-electron chi connectivity index (χ1n) is 7.49. The number of nitrogens with zero attached hydrogens (tertiary/aromatic N) is 1. The predicted molar refractivity (Wildman–Crippen MR) is 73.1 cm³/mol. The number of rotatable bonds is 1. The highest BCUT2D eigenvalue weighted by Gasteiger charge is 2.51. The van der Waals surface area contributed by atoms with Crippen molar-refractivity contribution in [2.75, 3.05) is 6.54 Å². The zero-order valence-electron chi connectivity index (χ0n) is 11.7. The normalized spacial score (nSPS) is 37.0. The van der Waals surface area contributed by atoms with Crippen LogP contribution in [0.2, 0.25) is 0 Å². The summed E-state index contributed by atoms with van der Waals surface area (Å²) >= 11 is 0. The van der Waals surface area contributed by atoms with Crippen molar-refractivity contribution >= 4 is 0 Å². The van der Waals surface area contributed by atoms with E-state index in [4.69, 9.17) is 4.74 Å². The fraction of sp³-hybridized carbons (Fsp3) is 0.625. The minimum absolute atomic E-state index is 0.307. The first kappa shape index (κ1) is 12.6. The lowest BCUT2D eigenvalue weighted by molar-refractivity contribution is -0.00801. The van der Waals surface area contributed by atoms with E-state index in [1.165, 1.54) is 25.0 Å². The number of aliphatic hydroxyl groups is 1. The number of hydrogen-bond acceptors (Lipinski definition) is 3. The molecule has 108 valence electrons. The van der Waals surface area contributed by atoms with Crippen molar-refractivity contribution in [1.82, 2.24) is 4.90 Å². The summed E-state index contributed by atoms with van der Waals surface area (Å²) in [6.45, 7) is 3.08. The fourth-order valence-electron chi connectivity index (χ4n) is 3.93. The molecule has 1 spiro atoms. The van der Waals surface area contributed by atoms with E-state index in [9.17, 15) is 9.50 Å². The van der Waals surface area contributed by atoms with Gasteiger partial charge in [-0.25, -0.2) is 4.39 Å². The van der Waals surface area contributed by atoms with Gasteiger partial charge < -0.3 is 9.84 Å². The lowest BCUT2D eigenvalue weighted by Gasteiger charge is -2.38.